The van der Waals surface area contributed by atoms with Crippen LogP contribution in [0.4, 0.5) is 4.39 Å². The summed E-state index contributed by atoms with van der Waals surface area (Å²) in [5.41, 5.74) is 2.05. The number of fused-ring (bicyclic) bond motifs is 1. The Balaban J connectivity index is 2.23. The minimum absolute atomic E-state index is 0.0926. The van der Waals surface area contributed by atoms with E-state index in [2.05, 4.69) is 15.9 Å². The Morgan fingerprint density at radius 2 is 1.67 bits per heavy atom. The summed E-state index contributed by atoms with van der Waals surface area (Å²) >= 11 is 3.39. The van der Waals surface area contributed by atoms with Crippen molar-refractivity contribution in [2.75, 3.05) is 0 Å². The molecule has 104 valence electrons. The third kappa shape index (κ3) is 2.49. The van der Waals surface area contributed by atoms with Crippen molar-refractivity contribution in [1.82, 2.24) is 0 Å². The van der Waals surface area contributed by atoms with Gasteiger partial charge in [-0.05, 0) is 42.1 Å². The second-order valence-electron chi connectivity index (χ2n) is 4.93. The molecule has 0 aliphatic heterocycles. The molecule has 3 aromatic carbocycles. The zero-order valence-corrected chi connectivity index (χ0v) is 12.9. The highest BCUT2D eigenvalue weighted by molar-refractivity contribution is 9.10. The lowest BCUT2D eigenvalue weighted by Crippen LogP contribution is -2.05. The van der Waals surface area contributed by atoms with E-state index in [0.29, 0.717) is 21.9 Å². The van der Waals surface area contributed by atoms with E-state index in [1.807, 2.05) is 25.1 Å². The smallest absolute Gasteiger partial charge is 0.193 e. The summed E-state index contributed by atoms with van der Waals surface area (Å²) in [5, 5.41) is 1.11. The van der Waals surface area contributed by atoms with Crippen molar-refractivity contribution in [3.63, 3.8) is 0 Å². The number of carbonyl (C=O) groups is 1. The molecule has 0 N–H and O–H groups in total. The SMILES string of the molecule is Cc1ccc(Br)cc1C(=O)c1ccc(F)c2ccccc12. The number of benzene rings is 3. The van der Waals surface area contributed by atoms with Crippen LogP contribution in [-0.2, 0) is 0 Å². The van der Waals surface area contributed by atoms with Crippen molar-refractivity contribution < 1.29 is 9.18 Å². The third-order valence-electron chi connectivity index (χ3n) is 3.56. The maximum atomic E-state index is 13.9. The number of rotatable bonds is 2. The van der Waals surface area contributed by atoms with Crippen LogP contribution < -0.4 is 0 Å². The highest BCUT2D eigenvalue weighted by Crippen LogP contribution is 2.26. The molecular formula is C18H12BrFO. The van der Waals surface area contributed by atoms with Crippen LogP contribution in [0, 0.1) is 12.7 Å². The fourth-order valence-electron chi connectivity index (χ4n) is 2.44. The van der Waals surface area contributed by atoms with Crippen LogP contribution in [0.5, 0.6) is 0 Å². The number of ketones is 1. The van der Waals surface area contributed by atoms with Gasteiger partial charge in [-0.25, -0.2) is 4.39 Å². The Morgan fingerprint density at radius 1 is 0.952 bits per heavy atom. The van der Waals surface area contributed by atoms with Gasteiger partial charge in [-0.3, -0.25) is 4.79 Å². The highest BCUT2D eigenvalue weighted by Gasteiger charge is 2.16. The summed E-state index contributed by atoms with van der Waals surface area (Å²) in [6, 6.07) is 15.5. The van der Waals surface area contributed by atoms with Crippen molar-refractivity contribution in [2.24, 2.45) is 0 Å². The molecule has 0 aromatic heterocycles. The molecule has 0 spiro atoms. The fourth-order valence-corrected chi connectivity index (χ4v) is 2.81. The minimum Gasteiger partial charge on any atom is -0.289 e. The van der Waals surface area contributed by atoms with Gasteiger partial charge in [0.05, 0.1) is 0 Å². The van der Waals surface area contributed by atoms with Gasteiger partial charge in [-0.2, -0.15) is 0 Å². The topological polar surface area (TPSA) is 17.1 Å². The Kier molecular flexibility index (Phi) is 3.60. The largest absolute Gasteiger partial charge is 0.289 e. The van der Waals surface area contributed by atoms with Gasteiger partial charge in [0, 0.05) is 21.0 Å². The molecule has 21 heavy (non-hydrogen) atoms. The molecule has 0 fully saturated rings. The van der Waals surface area contributed by atoms with E-state index < -0.39 is 0 Å². The van der Waals surface area contributed by atoms with Crippen LogP contribution in [0.25, 0.3) is 10.8 Å². The molecule has 0 aliphatic carbocycles. The van der Waals surface area contributed by atoms with Gasteiger partial charge in [0.15, 0.2) is 5.78 Å². The van der Waals surface area contributed by atoms with E-state index in [0.717, 1.165) is 10.0 Å². The first-order valence-corrected chi connectivity index (χ1v) is 7.35. The van der Waals surface area contributed by atoms with Gasteiger partial charge in [-0.1, -0.05) is 46.3 Å². The van der Waals surface area contributed by atoms with Gasteiger partial charge in [0.25, 0.3) is 0 Å². The van der Waals surface area contributed by atoms with Gasteiger partial charge >= 0.3 is 0 Å². The van der Waals surface area contributed by atoms with Crippen molar-refractivity contribution in [2.45, 2.75) is 6.92 Å². The average Bonchev–Trinajstić information content (AvgIpc) is 2.50. The lowest BCUT2D eigenvalue weighted by molar-refractivity contribution is 0.103. The van der Waals surface area contributed by atoms with Crippen LogP contribution in [-0.4, -0.2) is 5.78 Å². The van der Waals surface area contributed by atoms with E-state index in [9.17, 15) is 9.18 Å². The van der Waals surface area contributed by atoms with E-state index in [4.69, 9.17) is 0 Å². The van der Waals surface area contributed by atoms with Crippen molar-refractivity contribution in [3.05, 3.63) is 81.6 Å². The minimum atomic E-state index is -0.312. The quantitative estimate of drug-likeness (QED) is 0.579. The number of hydrogen-bond donors (Lipinski definition) is 0. The summed E-state index contributed by atoms with van der Waals surface area (Å²) in [7, 11) is 0. The van der Waals surface area contributed by atoms with E-state index in [-0.39, 0.29) is 11.6 Å². The monoisotopic (exact) mass is 342 g/mol. The maximum absolute atomic E-state index is 13.9. The van der Waals surface area contributed by atoms with Gasteiger partial charge in [-0.15, -0.1) is 0 Å². The predicted octanol–water partition coefficient (Wildman–Crippen LogP) is 5.28. The van der Waals surface area contributed by atoms with Gasteiger partial charge < -0.3 is 0 Å². The molecule has 0 bridgehead atoms. The Labute approximate surface area is 130 Å². The standard InChI is InChI=1S/C18H12BrFO/c1-11-6-7-12(19)10-16(11)18(21)15-8-9-17(20)14-5-3-2-4-13(14)15/h2-10H,1H3. The fraction of sp³-hybridized carbons (Fsp3) is 0.0556. The average molecular weight is 343 g/mol. The molecular weight excluding hydrogens is 331 g/mol. The lowest BCUT2D eigenvalue weighted by Gasteiger charge is -2.09. The lowest BCUT2D eigenvalue weighted by atomic mass is 9.95. The Bertz CT molecular complexity index is 855. The summed E-state index contributed by atoms with van der Waals surface area (Å²) < 4.78 is 14.7. The van der Waals surface area contributed by atoms with Crippen molar-refractivity contribution in [1.29, 1.82) is 0 Å². The summed E-state index contributed by atoms with van der Waals surface area (Å²) in [6.45, 7) is 1.89. The molecule has 0 radical (unpaired) electrons. The van der Waals surface area contributed by atoms with Crippen LogP contribution in [0.3, 0.4) is 0 Å². The van der Waals surface area contributed by atoms with Crippen LogP contribution >= 0.6 is 15.9 Å². The number of halogens is 2. The summed E-state index contributed by atoms with van der Waals surface area (Å²) in [6.07, 6.45) is 0. The predicted molar refractivity (Wildman–Crippen MR) is 86.2 cm³/mol. The first kappa shape index (κ1) is 14.0. The normalized spacial score (nSPS) is 10.8. The zero-order valence-electron chi connectivity index (χ0n) is 11.4. The molecule has 0 saturated carbocycles. The van der Waals surface area contributed by atoms with E-state index >= 15 is 0 Å². The van der Waals surface area contributed by atoms with Crippen molar-refractivity contribution in [3.8, 4) is 0 Å². The Morgan fingerprint density at radius 3 is 2.43 bits per heavy atom. The number of carbonyl (C=O) groups excluding carboxylic acids is 1. The number of aryl methyl sites for hydroxylation is 1. The molecule has 3 rings (SSSR count). The number of hydrogen-bond acceptors (Lipinski definition) is 1. The molecule has 1 nitrogen and oxygen atoms in total. The maximum Gasteiger partial charge on any atom is 0.193 e. The third-order valence-corrected chi connectivity index (χ3v) is 4.05. The summed E-state index contributed by atoms with van der Waals surface area (Å²) in [5.74, 6) is -0.405. The second kappa shape index (κ2) is 5.41. The van der Waals surface area contributed by atoms with Crippen LogP contribution in [0.15, 0.2) is 59.1 Å². The molecule has 0 unspecified atom stereocenters. The molecule has 3 aromatic rings. The second-order valence-corrected chi connectivity index (χ2v) is 5.84. The highest BCUT2D eigenvalue weighted by atomic mass is 79.9. The van der Waals surface area contributed by atoms with Crippen LogP contribution in [0.1, 0.15) is 21.5 Å². The Hall–Kier alpha value is -2.00. The molecule has 0 atom stereocenters. The zero-order chi connectivity index (χ0) is 15.0. The molecule has 0 heterocycles. The molecule has 3 heteroatoms. The van der Waals surface area contributed by atoms with Gasteiger partial charge in [0.2, 0.25) is 0 Å². The molecule has 0 saturated heterocycles. The molecule has 0 amide bonds. The molecule has 0 aliphatic rings. The first-order valence-electron chi connectivity index (χ1n) is 6.56. The van der Waals surface area contributed by atoms with E-state index in [1.54, 1.807) is 30.3 Å². The summed E-state index contributed by atoms with van der Waals surface area (Å²) in [4.78, 5) is 12.8. The first-order chi connectivity index (χ1) is 10.1. The van der Waals surface area contributed by atoms with Crippen molar-refractivity contribution >= 4 is 32.5 Å². The van der Waals surface area contributed by atoms with Gasteiger partial charge in [0.1, 0.15) is 5.82 Å². The van der Waals surface area contributed by atoms with E-state index in [1.165, 1.54) is 6.07 Å². The van der Waals surface area contributed by atoms with Crippen LogP contribution in [0.2, 0.25) is 0 Å².